The Bertz CT molecular complexity index is 216. The number of carbonyl (C=O) groups is 2. The lowest BCUT2D eigenvalue weighted by molar-refractivity contribution is -0.137. The van der Waals surface area contributed by atoms with Crippen molar-refractivity contribution in [1.29, 1.82) is 0 Å². The van der Waals surface area contributed by atoms with Crippen molar-refractivity contribution in [2.75, 3.05) is 0 Å². The minimum Gasteiger partial charge on any atom is -0.481 e. The van der Waals surface area contributed by atoms with E-state index in [4.69, 9.17) is 5.11 Å². The van der Waals surface area contributed by atoms with Crippen LogP contribution in [0.5, 0.6) is 0 Å². The molecule has 4 heteroatoms. The molecule has 0 heterocycles. The Morgan fingerprint density at radius 3 is 2.42 bits per heavy atom. The average Bonchev–Trinajstić information content (AvgIpc) is 1.98. The van der Waals surface area contributed by atoms with Crippen LogP contribution in [0.25, 0.3) is 0 Å². The van der Waals surface area contributed by atoms with Crippen LogP contribution in [-0.4, -0.2) is 29.8 Å². The van der Waals surface area contributed by atoms with Crippen molar-refractivity contribution in [2.45, 2.75) is 25.7 Å². The van der Waals surface area contributed by atoms with Gasteiger partial charge in [0.2, 0.25) is 5.78 Å². The summed E-state index contributed by atoms with van der Waals surface area (Å²) in [7, 11) is 0. The molecule has 0 aromatic heterocycles. The second-order valence-electron chi connectivity index (χ2n) is 2.38. The van der Waals surface area contributed by atoms with E-state index in [0.29, 0.717) is 19.3 Å². The second-order valence-corrected chi connectivity index (χ2v) is 2.38. The highest BCUT2D eigenvalue weighted by Gasteiger charge is 2.03. The zero-order chi connectivity index (χ0) is 9.40. The van der Waals surface area contributed by atoms with Crippen LogP contribution in [0.2, 0.25) is 0 Å². The molecule has 4 nitrogen and oxygen atoms in total. The minimum absolute atomic E-state index is 0.101. The predicted molar refractivity (Wildman–Crippen MR) is 46.4 cm³/mol. The number of carboxylic acids is 1. The van der Waals surface area contributed by atoms with E-state index in [9.17, 15) is 9.59 Å². The fourth-order valence-corrected chi connectivity index (χ4v) is 0.742. The molecule has 0 radical (unpaired) electrons. The van der Waals surface area contributed by atoms with Crippen LogP contribution in [0.15, 0.2) is 0 Å². The summed E-state index contributed by atoms with van der Waals surface area (Å²) in [6.07, 6.45) is 2.76. The maximum atomic E-state index is 10.8. The lowest BCUT2D eigenvalue weighted by Crippen LogP contribution is -2.01. The fourth-order valence-electron chi connectivity index (χ4n) is 0.742. The number of ketones is 1. The van der Waals surface area contributed by atoms with Gasteiger partial charge in [-0.1, -0.05) is 0 Å². The first kappa shape index (κ1) is 10.6. The quantitative estimate of drug-likeness (QED) is 0.347. The van der Waals surface area contributed by atoms with Crippen LogP contribution in [0, 0.1) is 0 Å². The highest BCUT2D eigenvalue weighted by Crippen LogP contribution is 1.99. The molecule has 0 rings (SSSR count). The fraction of sp³-hybridized carbons (Fsp3) is 0.500. The summed E-state index contributed by atoms with van der Waals surface area (Å²) >= 11 is 0. The average molecular weight is 170 g/mol. The number of unbranched alkanes of at least 4 members (excludes halogenated alkanes) is 1. The molecule has 12 heavy (non-hydrogen) atoms. The number of Topliss-reactive ketones (excluding diaryl/α,β-unsaturated/α-hetero) is 1. The largest absolute Gasteiger partial charge is 0.481 e. The molecule has 0 amide bonds. The molecule has 0 saturated carbocycles. The molecular formula is C8H12NO3+. The molecule has 0 aromatic carbocycles. The number of aliphatic carboxylic acids is 1. The summed E-state index contributed by atoms with van der Waals surface area (Å²) in [6, 6.07) is 0. The van der Waals surface area contributed by atoms with Crippen LogP contribution in [0.1, 0.15) is 25.7 Å². The molecule has 0 fully saturated rings. The van der Waals surface area contributed by atoms with Crippen LogP contribution in [0.4, 0.5) is 0 Å². The van der Waals surface area contributed by atoms with Crippen molar-refractivity contribution in [3.8, 4) is 0 Å². The third kappa shape index (κ3) is 6.71. The Balaban J connectivity index is 3.37. The standard InChI is InChI=1S/C8H11NO3/c1-9-6-7(10)4-2-3-5-8(11)12/h6H,1-5H2/p+1. The maximum absolute atomic E-state index is 10.8. The summed E-state index contributed by atoms with van der Waals surface area (Å²) in [5, 5.41) is 8.26. The van der Waals surface area contributed by atoms with E-state index in [1.54, 1.807) is 0 Å². The van der Waals surface area contributed by atoms with E-state index in [1.165, 1.54) is 0 Å². The van der Waals surface area contributed by atoms with E-state index in [-0.39, 0.29) is 12.2 Å². The third-order valence-corrected chi connectivity index (χ3v) is 1.30. The molecule has 0 aliphatic rings. The van der Waals surface area contributed by atoms with Crippen molar-refractivity contribution in [3.05, 3.63) is 0 Å². The predicted octanol–water partition coefficient (Wildman–Crippen LogP) is 0.0391. The lowest BCUT2D eigenvalue weighted by atomic mass is 10.1. The molecule has 0 aliphatic heterocycles. The van der Waals surface area contributed by atoms with Gasteiger partial charge in [-0.05, 0) is 12.8 Å². The van der Waals surface area contributed by atoms with Gasteiger partial charge in [-0.3, -0.25) is 9.59 Å². The van der Waals surface area contributed by atoms with Gasteiger partial charge in [-0.15, -0.1) is 4.67 Å². The Morgan fingerprint density at radius 1 is 1.33 bits per heavy atom. The first-order chi connectivity index (χ1) is 5.66. The molecule has 0 spiro atoms. The van der Waals surface area contributed by atoms with E-state index in [2.05, 4.69) is 11.4 Å². The molecule has 0 atom stereocenters. The van der Waals surface area contributed by atoms with Crippen LogP contribution in [0.3, 0.4) is 0 Å². The zero-order valence-corrected chi connectivity index (χ0v) is 6.82. The number of hydrogen-bond acceptors (Lipinski definition) is 2. The Hall–Kier alpha value is -1.41. The van der Waals surface area contributed by atoms with E-state index < -0.39 is 5.97 Å². The van der Waals surface area contributed by atoms with Crippen molar-refractivity contribution < 1.29 is 14.7 Å². The maximum Gasteiger partial charge on any atom is 0.334 e. The number of hydrogen-bond donors (Lipinski definition) is 1. The van der Waals surface area contributed by atoms with Crippen molar-refractivity contribution >= 4 is 24.7 Å². The van der Waals surface area contributed by atoms with Crippen molar-refractivity contribution in [2.24, 2.45) is 0 Å². The smallest absolute Gasteiger partial charge is 0.334 e. The summed E-state index contributed by atoms with van der Waals surface area (Å²) < 4.78 is 3.31. The molecule has 66 valence electrons. The summed E-state index contributed by atoms with van der Waals surface area (Å²) in [6.45, 7) is 3.14. The highest BCUT2D eigenvalue weighted by atomic mass is 16.4. The van der Waals surface area contributed by atoms with E-state index in [0.717, 1.165) is 6.21 Å². The molecule has 0 unspecified atom stereocenters. The van der Waals surface area contributed by atoms with Crippen LogP contribution in [-0.2, 0) is 9.59 Å². The molecule has 0 bridgehead atoms. The van der Waals surface area contributed by atoms with Gasteiger partial charge in [0.05, 0.1) is 0 Å². The summed E-state index contributed by atoms with van der Waals surface area (Å²) in [5.74, 6) is -0.927. The Morgan fingerprint density at radius 2 is 1.92 bits per heavy atom. The van der Waals surface area contributed by atoms with Gasteiger partial charge in [-0.25, -0.2) is 0 Å². The molecule has 1 N–H and O–H groups in total. The topological polar surface area (TPSA) is 68.5 Å². The van der Waals surface area contributed by atoms with Crippen molar-refractivity contribution in [1.82, 2.24) is 4.67 Å². The van der Waals surface area contributed by atoms with Gasteiger partial charge in [0, 0.05) is 12.8 Å². The number of carboxylic acid groups (broad SMARTS) is 1. The summed E-state index contributed by atoms with van der Waals surface area (Å²) in [4.78, 5) is 20.8. The normalized spacial score (nSPS) is 8.67. The molecule has 0 saturated heterocycles. The van der Waals surface area contributed by atoms with Crippen LogP contribution >= 0.6 is 0 Å². The number of carbonyl (C=O) groups excluding carboxylic acids is 1. The van der Waals surface area contributed by atoms with Gasteiger partial charge in [0.25, 0.3) is 6.72 Å². The minimum atomic E-state index is -0.826. The van der Waals surface area contributed by atoms with Gasteiger partial charge in [0.1, 0.15) is 0 Å². The van der Waals surface area contributed by atoms with Gasteiger partial charge in [0.15, 0.2) is 0 Å². The van der Waals surface area contributed by atoms with Gasteiger partial charge < -0.3 is 5.11 Å². The van der Waals surface area contributed by atoms with Crippen molar-refractivity contribution in [3.63, 3.8) is 0 Å². The first-order valence-corrected chi connectivity index (χ1v) is 3.70. The second kappa shape index (κ2) is 6.31. The molecular weight excluding hydrogens is 158 g/mol. The Kier molecular flexibility index (Phi) is 5.57. The SMILES string of the molecule is C=[N+]=CC(=O)CCCCC(=O)O. The molecule has 0 aliphatic carbocycles. The van der Waals surface area contributed by atoms with Crippen LogP contribution < -0.4 is 4.67 Å². The third-order valence-electron chi connectivity index (χ3n) is 1.30. The highest BCUT2D eigenvalue weighted by molar-refractivity contribution is 6.27. The van der Waals surface area contributed by atoms with Gasteiger partial charge in [-0.2, -0.15) is 0 Å². The van der Waals surface area contributed by atoms with E-state index >= 15 is 0 Å². The summed E-state index contributed by atoms with van der Waals surface area (Å²) in [5.41, 5.74) is 0. The first-order valence-electron chi connectivity index (χ1n) is 3.70. The Labute approximate surface area is 70.7 Å². The number of rotatable bonds is 6. The van der Waals surface area contributed by atoms with Gasteiger partial charge >= 0.3 is 12.2 Å². The zero-order valence-electron chi connectivity index (χ0n) is 6.82. The molecule has 0 aromatic rings. The van der Waals surface area contributed by atoms with E-state index in [1.807, 2.05) is 0 Å². The monoisotopic (exact) mass is 170 g/mol. The number of nitrogens with zero attached hydrogens (tertiary/aromatic N) is 1. The lowest BCUT2D eigenvalue weighted by Gasteiger charge is -1.91.